The van der Waals surface area contributed by atoms with Crippen molar-refractivity contribution in [1.29, 1.82) is 0 Å². The molecule has 206 valence electrons. The van der Waals surface area contributed by atoms with Crippen LogP contribution in [0.3, 0.4) is 0 Å². The van der Waals surface area contributed by atoms with Crippen molar-refractivity contribution in [1.82, 2.24) is 19.9 Å². The van der Waals surface area contributed by atoms with Crippen LogP contribution in [0.1, 0.15) is 0 Å². The second-order valence-corrected chi connectivity index (χ2v) is 11.8. The fourth-order valence-corrected chi connectivity index (χ4v) is 6.91. The molecule has 0 atom stereocenters. The lowest BCUT2D eigenvalue weighted by atomic mass is 10.1. The Hall–Kier alpha value is -5.72. The van der Waals surface area contributed by atoms with E-state index in [-0.39, 0.29) is 0 Å². The fourth-order valence-electron chi connectivity index (χ4n) is 5.77. The van der Waals surface area contributed by atoms with Gasteiger partial charge in [-0.3, -0.25) is 0 Å². The Morgan fingerprint density at radius 2 is 1.09 bits per heavy atom. The Kier molecular flexibility index (Phi) is 5.61. The van der Waals surface area contributed by atoms with Gasteiger partial charge in [0.1, 0.15) is 5.52 Å². The van der Waals surface area contributed by atoms with E-state index in [1.54, 1.807) is 11.3 Å². The van der Waals surface area contributed by atoms with Crippen molar-refractivity contribution in [3.05, 3.63) is 133 Å². The van der Waals surface area contributed by atoms with Gasteiger partial charge in [-0.15, -0.1) is 11.3 Å². The summed E-state index contributed by atoms with van der Waals surface area (Å²) in [6.45, 7) is 0. The number of fused-ring (bicyclic) bond motifs is 6. The zero-order valence-electron chi connectivity index (χ0n) is 23.3. The lowest BCUT2D eigenvalue weighted by Gasteiger charge is -2.09. The SMILES string of the molecule is c1ccc(-c2nc(-c3ccc4ccccc4c3)nc(-c3ccc4c(c3)sc3ccc5nc(-c6ccccc6)oc5c34)n2)cc1. The number of thiophene rings is 1. The third-order valence-electron chi connectivity index (χ3n) is 7.94. The highest BCUT2D eigenvalue weighted by atomic mass is 32.1. The summed E-state index contributed by atoms with van der Waals surface area (Å²) in [5, 5.41) is 4.54. The smallest absolute Gasteiger partial charge is 0.227 e. The summed E-state index contributed by atoms with van der Waals surface area (Å²) in [5.41, 5.74) is 5.46. The van der Waals surface area contributed by atoms with E-state index in [9.17, 15) is 0 Å². The van der Waals surface area contributed by atoms with Crippen LogP contribution in [-0.4, -0.2) is 19.9 Å². The molecule has 0 fully saturated rings. The van der Waals surface area contributed by atoms with E-state index >= 15 is 0 Å². The van der Waals surface area contributed by atoms with Gasteiger partial charge in [-0.2, -0.15) is 0 Å². The van der Waals surface area contributed by atoms with Gasteiger partial charge >= 0.3 is 0 Å². The van der Waals surface area contributed by atoms with Gasteiger partial charge in [-0.25, -0.2) is 19.9 Å². The average Bonchev–Trinajstić information content (AvgIpc) is 3.70. The number of aromatic nitrogens is 4. The van der Waals surface area contributed by atoms with E-state index in [2.05, 4.69) is 66.7 Å². The van der Waals surface area contributed by atoms with E-state index in [4.69, 9.17) is 24.4 Å². The Bertz CT molecular complexity index is 2500. The van der Waals surface area contributed by atoms with Crippen LogP contribution in [0.4, 0.5) is 0 Å². The summed E-state index contributed by atoms with van der Waals surface area (Å²) in [7, 11) is 0. The van der Waals surface area contributed by atoms with Gasteiger partial charge in [-0.05, 0) is 47.2 Å². The normalized spacial score (nSPS) is 11.6. The molecule has 9 rings (SSSR count). The van der Waals surface area contributed by atoms with Crippen molar-refractivity contribution in [3.63, 3.8) is 0 Å². The molecule has 0 spiro atoms. The van der Waals surface area contributed by atoms with Gasteiger partial charge in [0.2, 0.25) is 5.89 Å². The molecule has 0 aliphatic carbocycles. The molecule has 0 radical (unpaired) electrons. The summed E-state index contributed by atoms with van der Waals surface area (Å²) in [5.74, 6) is 2.56. The Labute approximate surface area is 256 Å². The second-order valence-electron chi connectivity index (χ2n) is 10.7. The Morgan fingerprint density at radius 1 is 0.455 bits per heavy atom. The van der Waals surface area contributed by atoms with Crippen LogP contribution in [0.5, 0.6) is 0 Å². The summed E-state index contributed by atoms with van der Waals surface area (Å²) in [6.07, 6.45) is 0. The van der Waals surface area contributed by atoms with E-state index < -0.39 is 0 Å². The third-order valence-corrected chi connectivity index (χ3v) is 9.06. The molecule has 44 heavy (non-hydrogen) atoms. The first-order chi connectivity index (χ1) is 21.8. The Balaban J connectivity index is 1.21. The van der Waals surface area contributed by atoms with Crippen molar-refractivity contribution in [2.75, 3.05) is 0 Å². The van der Waals surface area contributed by atoms with Crippen LogP contribution >= 0.6 is 11.3 Å². The molecule has 0 unspecified atom stereocenters. The third kappa shape index (κ3) is 4.15. The molecule has 3 aromatic heterocycles. The molecule has 0 N–H and O–H groups in total. The minimum atomic E-state index is 0.629. The molecule has 3 heterocycles. The van der Waals surface area contributed by atoms with Crippen LogP contribution in [0.25, 0.3) is 87.7 Å². The summed E-state index contributed by atoms with van der Waals surface area (Å²) in [4.78, 5) is 19.7. The molecular formula is C38H22N4OS. The Morgan fingerprint density at radius 3 is 1.86 bits per heavy atom. The number of hydrogen-bond donors (Lipinski definition) is 0. The maximum atomic E-state index is 6.37. The van der Waals surface area contributed by atoms with Gasteiger partial charge in [0.15, 0.2) is 23.1 Å². The summed E-state index contributed by atoms with van der Waals surface area (Å²) >= 11 is 1.73. The topological polar surface area (TPSA) is 64.7 Å². The fraction of sp³-hybridized carbons (Fsp3) is 0. The summed E-state index contributed by atoms with van der Waals surface area (Å²) in [6, 6.07) is 45.4. The standard InChI is InChI=1S/C38H22N4OS/c1-3-10-24(11-4-1)35-40-36(27-16-15-23-9-7-8-14-26(23)21-27)42-37(41-35)28-17-18-29-32(22-28)44-31-20-19-30-34(33(29)31)43-38(39-30)25-12-5-2-6-13-25/h1-22H. The highest BCUT2D eigenvalue weighted by Gasteiger charge is 2.18. The number of oxazole rings is 1. The van der Waals surface area contributed by atoms with Crippen molar-refractivity contribution in [3.8, 4) is 45.6 Å². The molecule has 0 aliphatic rings. The predicted octanol–water partition coefficient (Wildman–Crippen LogP) is 10.2. The minimum Gasteiger partial charge on any atom is -0.435 e. The van der Waals surface area contributed by atoms with Gasteiger partial charge in [-0.1, -0.05) is 97.1 Å². The molecule has 9 aromatic rings. The van der Waals surface area contributed by atoms with E-state index in [1.165, 1.54) is 5.39 Å². The molecule has 0 bridgehead atoms. The van der Waals surface area contributed by atoms with Crippen molar-refractivity contribution >= 4 is 53.4 Å². The minimum absolute atomic E-state index is 0.629. The van der Waals surface area contributed by atoms with Gasteiger partial charge in [0.05, 0.1) is 0 Å². The summed E-state index contributed by atoms with van der Waals surface area (Å²) < 4.78 is 8.66. The number of benzene rings is 6. The van der Waals surface area contributed by atoms with Crippen LogP contribution in [0, 0.1) is 0 Å². The van der Waals surface area contributed by atoms with E-state index in [1.807, 2.05) is 66.7 Å². The highest BCUT2D eigenvalue weighted by molar-refractivity contribution is 7.26. The van der Waals surface area contributed by atoms with Crippen LogP contribution < -0.4 is 0 Å². The molecule has 6 heteroatoms. The first-order valence-electron chi connectivity index (χ1n) is 14.4. The maximum Gasteiger partial charge on any atom is 0.227 e. The van der Waals surface area contributed by atoms with Crippen LogP contribution in [-0.2, 0) is 0 Å². The second kappa shape index (κ2) is 9.93. The van der Waals surface area contributed by atoms with Crippen molar-refractivity contribution < 1.29 is 4.42 Å². The van der Waals surface area contributed by atoms with Crippen molar-refractivity contribution in [2.24, 2.45) is 0 Å². The average molecular weight is 583 g/mol. The molecule has 0 saturated heterocycles. The molecule has 6 aromatic carbocycles. The molecule has 5 nitrogen and oxygen atoms in total. The van der Waals surface area contributed by atoms with E-state index in [0.717, 1.165) is 58.9 Å². The van der Waals surface area contributed by atoms with Crippen molar-refractivity contribution in [2.45, 2.75) is 0 Å². The molecule has 0 saturated carbocycles. The monoisotopic (exact) mass is 582 g/mol. The number of hydrogen-bond acceptors (Lipinski definition) is 6. The number of nitrogens with zero attached hydrogens (tertiary/aromatic N) is 4. The van der Waals surface area contributed by atoms with Crippen LogP contribution in [0.15, 0.2) is 138 Å². The molecular weight excluding hydrogens is 561 g/mol. The molecule has 0 aliphatic heterocycles. The first-order valence-corrected chi connectivity index (χ1v) is 15.2. The lowest BCUT2D eigenvalue weighted by Crippen LogP contribution is -2.00. The zero-order chi connectivity index (χ0) is 29.0. The predicted molar refractivity (Wildman–Crippen MR) is 180 cm³/mol. The molecule has 0 amide bonds. The van der Waals surface area contributed by atoms with Gasteiger partial charge in [0, 0.05) is 42.4 Å². The highest BCUT2D eigenvalue weighted by Crippen LogP contribution is 2.41. The first kappa shape index (κ1) is 24.8. The quantitative estimate of drug-likeness (QED) is 0.207. The largest absolute Gasteiger partial charge is 0.435 e. The number of rotatable bonds is 4. The lowest BCUT2D eigenvalue weighted by molar-refractivity contribution is 0.623. The maximum absolute atomic E-state index is 6.37. The zero-order valence-corrected chi connectivity index (χ0v) is 24.1. The van der Waals surface area contributed by atoms with E-state index in [0.29, 0.717) is 23.4 Å². The van der Waals surface area contributed by atoms with Crippen LogP contribution in [0.2, 0.25) is 0 Å². The van der Waals surface area contributed by atoms with Gasteiger partial charge in [0.25, 0.3) is 0 Å². The van der Waals surface area contributed by atoms with Gasteiger partial charge < -0.3 is 4.42 Å².